The average molecular weight is 441 g/mol. The number of carbonyl (C=O) groups excluding carboxylic acids is 2. The van der Waals surface area contributed by atoms with Gasteiger partial charge in [-0.05, 0) is 43.5 Å². The van der Waals surface area contributed by atoms with Crippen molar-refractivity contribution in [3.63, 3.8) is 0 Å². The van der Waals surface area contributed by atoms with Gasteiger partial charge < -0.3 is 4.90 Å². The van der Waals surface area contributed by atoms with E-state index >= 15 is 0 Å². The lowest BCUT2D eigenvalue weighted by molar-refractivity contribution is -0.133. The van der Waals surface area contributed by atoms with Gasteiger partial charge in [-0.1, -0.05) is 91.0 Å². The minimum atomic E-state index is 0.0530. The Bertz CT molecular complexity index is 1010. The molecule has 0 aromatic heterocycles. The van der Waals surface area contributed by atoms with E-state index < -0.39 is 0 Å². The smallest absolute Gasteiger partial charge is 0.237 e. The molecular formula is C29H32N2O2. The maximum Gasteiger partial charge on any atom is 0.237 e. The molecule has 0 unspecified atom stereocenters. The molecule has 0 saturated carbocycles. The highest BCUT2D eigenvalue weighted by Crippen LogP contribution is 2.22. The van der Waals surface area contributed by atoms with Crippen LogP contribution in [-0.2, 0) is 17.8 Å². The Hall–Kier alpha value is -3.24. The summed E-state index contributed by atoms with van der Waals surface area (Å²) in [5, 5.41) is 0. The SMILES string of the molecule is O=C(c1ccccc1)C1CCN(CC(=O)N(CCc2ccccc2)Cc2ccccc2)CC1. The first-order valence-electron chi connectivity index (χ1n) is 11.9. The van der Waals surface area contributed by atoms with Crippen molar-refractivity contribution >= 4 is 11.7 Å². The van der Waals surface area contributed by atoms with Crippen molar-refractivity contribution in [3.05, 3.63) is 108 Å². The molecule has 1 fully saturated rings. The normalized spacial score (nSPS) is 14.7. The molecule has 1 saturated heterocycles. The molecule has 0 radical (unpaired) electrons. The summed E-state index contributed by atoms with van der Waals surface area (Å²) in [6, 6.07) is 30.1. The topological polar surface area (TPSA) is 40.6 Å². The number of nitrogens with zero attached hydrogens (tertiary/aromatic N) is 2. The van der Waals surface area contributed by atoms with E-state index in [0.717, 1.165) is 43.5 Å². The molecule has 0 spiro atoms. The highest BCUT2D eigenvalue weighted by atomic mass is 16.2. The van der Waals surface area contributed by atoms with Gasteiger partial charge in [0.15, 0.2) is 5.78 Å². The third-order valence-electron chi connectivity index (χ3n) is 6.46. The van der Waals surface area contributed by atoms with Gasteiger partial charge in [0.1, 0.15) is 0 Å². The van der Waals surface area contributed by atoms with Gasteiger partial charge in [0, 0.05) is 24.6 Å². The quantitative estimate of drug-likeness (QED) is 0.447. The van der Waals surface area contributed by atoms with Crippen molar-refractivity contribution in [1.29, 1.82) is 0 Å². The molecule has 0 N–H and O–H groups in total. The largest absolute Gasteiger partial charge is 0.337 e. The van der Waals surface area contributed by atoms with E-state index in [4.69, 9.17) is 0 Å². The summed E-state index contributed by atoms with van der Waals surface area (Å²) < 4.78 is 0. The second-order valence-corrected chi connectivity index (χ2v) is 8.82. The van der Waals surface area contributed by atoms with Gasteiger partial charge in [-0.15, -0.1) is 0 Å². The number of likely N-dealkylation sites (tertiary alicyclic amines) is 1. The molecule has 4 heteroatoms. The van der Waals surface area contributed by atoms with Crippen molar-refractivity contribution in [2.45, 2.75) is 25.8 Å². The summed E-state index contributed by atoms with van der Waals surface area (Å²) in [5.41, 5.74) is 3.18. The molecule has 1 aliphatic rings. The van der Waals surface area contributed by atoms with Crippen LogP contribution in [0, 0.1) is 5.92 Å². The first-order chi connectivity index (χ1) is 16.2. The third kappa shape index (κ3) is 6.62. The van der Waals surface area contributed by atoms with E-state index in [1.165, 1.54) is 5.56 Å². The molecule has 0 atom stereocenters. The van der Waals surface area contributed by atoms with Crippen molar-refractivity contribution in [3.8, 4) is 0 Å². The standard InChI is InChI=1S/C29H32N2O2/c32-28(23-30-19-17-27(18-20-30)29(33)26-14-8-3-9-15-26)31(22-25-12-6-2-7-13-25)21-16-24-10-4-1-5-11-24/h1-15,27H,16-23H2. The monoisotopic (exact) mass is 440 g/mol. The maximum atomic E-state index is 13.3. The lowest BCUT2D eigenvalue weighted by Gasteiger charge is -2.33. The molecule has 4 rings (SSSR count). The van der Waals surface area contributed by atoms with Crippen LogP contribution in [0.3, 0.4) is 0 Å². The van der Waals surface area contributed by atoms with Gasteiger partial charge >= 0.3 is 0 Å². The van der Waals surface area contributed by atoms with Crippen LogP contribution >= 0.6 is 0 Å². The molecule has 1 aliphatic heterocycles. The summed E-state index contributed by atoms with van der Waals surface area (Å²) >= 11 is 0. The number of amides is 1. The fourth-order valence-corrected chi connectivity index (χ4v) is 4.49. The number of ketones is 1. The van der Waals surface area contributed by atoms with Crippen LogP contribution in [0.1, 0.15) is 34.3 Å². The Morgan fingerprint density at radius 3 is 1.91 bits per heavy atom. The van der Waals surface area contributed by atoms with Gasteiger partial charge in [0.2, 0.25) is 5.91 Å². The number of benzene rings is 3. The molecule has 3 aromatic carbocycles. The Labute approximate surface area is 196 Å². The van der Waals surface area contributed by atoms with Crippen molar-refractivity contribution < 1.29 is 9.59 Å². The first-order valence-corrected chi connectivity index (χ1v) is 11.9. The molecule has 4 nitrogen and oxygen atoms in total. The lowest BCUT2D eigenvalue weighted by Crippen LogP contribution is -2.44. The van der Waals surface area contributed by atoms with Crippen molar-refractivity contribution in [2.24, 2.45) is 5.92 Å². The summed E-state index contributed by atoms with van der Waals surface area (Å²) in [5.74, 6) is 0.440. The lowest BCUT2D eigenvalue weighted by atomic mass is 9.89. The van der Waals surface area contributed by atoms with Crippen LogP contribution in [0.15, 0.2) is 91.0 Å². The first kappa shape index (κ1) is 22.9. The highest BCUT2D eigenvalue weighted by Gasteiger charge is 2.27. The number of hydrogen-bond acceptors (Lipinski definition) is 3. The second kappa shape index (κ2) is 11.6. The summed E-state index contributed by atoms with van der Waals surface area (Å²) in [6.45, 7) is 3.30. The Kier molecular flexibility index (Phi) is 8.04. The predicted molar refractivity (Wildman–Crippen MR) is 132 cm³/mol. The fourth-order valence-electron chi connectivity index (χ4n) is 4.49. The second-order valence-electron chi connectivity index (χ2n) is 8.82. The maximum absolute atomic E-state index is 13.3. The van der Waals surface area contributed by atoms with Gasteiger partial charge in [0.05, 0.1) is 6.54 Å². The molecule has 0 aliphatic carbocycles. The van der Waals surface area contributed by atoms with Crippen LogP contribution in [-0.4, -0.2) is 47.7 Å². The van der Waals surface area contributed by atoms with Crippen LogP contribution in [0.25, 0.3) is 0 Å². The Morgan fingerprint density at radius 1 is 0.758 bits per heavy atom. The van der Waals surface area contributed by atoms with Crippen molar-refractivity contribution in [2.75, 3.05) is 26.2 Å². The average Bonchev–Trinajstić information content (AvgIpc) is 2.88. The molecule has 33 heavy (non-hydrogen) atoms. The van der Waals surface area contributed by atoms with Gasteiger partial charge in [-0.3, -0.25) is 14.5 Å². The molecule has 1 heterocycles. The summed E-state index contributed by atoms with van der Waals surface area (Å²) in [7, 11) is 0. The van der Waals surface area contributed by atoms with E-state index in [-0.39, 0.29) is 17.6 Å². The van der Waals surface area contributed by atoms with Crippen LogP contribution in [0.2, 0.25) is 0 Å². The zero-order valence-electron chi connectivity index (χ0n) is 19.1. The van der Waals surface area contributed by atoms with Gasteiger partial charge in [0.25, 0.3) is 0 Å². The van der Waals surface area contributed by atoms with E-state index in [1.54, 1.807) is 0 Å². The number of hydrogen-bond donors (Lipinski definition) is 0. The van der Waals surface area contributed by atoms with E-state index in [2.05, 4.69) is 29.2 Å². The number of piperidine rings is 1. The molecule has 0 bridgehead atoms. The zero-order chi connectivity index (χ0) is 22.9. The van der Waals surface area contributed by atoms with Crippen molar-refractivity contribution in [1.82, 2.24) is 9.80 Å². The van der Waals surface area contributed by atoms with Crippen LogP contribution in [0.4, 0.5) is 0 Å². The summed E-state index contributed by atoms with van der Waals surface area (Å²) in [6.07, 6.45) is 2.46. The van der Waals surface area contributed by atoms with Gasteiger partial charge in [-0.25, -0.2) is 0 Å². The molecular weight excluding hydrogens is 408 g/mol. The van der Waals surface area contributed by atoms with Crippen LogP contribution < -0.4 is 0 Å². The fraction of sp³-hybridized carbons (Fsp3) is 0.310. The predicted octanol–water partition coefficient (Wildman–Crippen LogP) is 4.85. The van der Waals surface area contributed by atoms with E-state index in [1.807, 2.05) is 71.6 Å². The van der Waals surface area contributed by atoms with Crippen LogP contribution in [0.5, 0.6) is 0 Å². The van der Waals surface area contributed by atoms with Gasteiger partial charge in [-0.2, -0.15) is 0 Å². The zero-order valence-corrected chi connectivity index (χ0v) is 19.1. The Morgan fingerprint density at radius 2 is 1.30 bits per heavy atom. The minimum Gasteiger partial charge on any atom is -0.337 e. The number of rotatable bonds is 9. The molecule has 1 amide bonds. The summed E-state index contributed by atoms with van der Waals surface area (Å²) in [4.78, 5) is 30.2. The minimum absolute atomic E-state index is 0.0530. The van der Waals surface area contributed by atoms with E-state index in [9.17, 15) is 9.59 Å². The number of carbonyl (C=O) groups is 2. The third-order valence-corrected chi connectivity index (χ3v) is 6.46. The molecule has 3 aromatic rings. The van der Waals surface area contributed by atoms with E-state index in [0.29, 0.717) is 19.6 Å². The highest BCUT2D eigenvalue weighted by molar-refractivity contribution is 5.97. The number of Topliss-reactive ketones (excluding diaryl/α,β-unsaturated/α-hetero) is 1. The Balaban J connectivity index is 1.33. The molecule has 170 valence electrons.